The van der Waals surface area contributed by atoms with Crippen LogP contribution < -0.4 is 10.5 Å². The van der Waals surface area contributed by atoms with Crippen LogP contribution in [0, 0.1) is 0 Å². The van der Waals surface area contributed by atoms with Crippen molar-refractivity contribution in [1.82, 2.24) is 4.90 Å². The molecule has 0 atom stereocenters. The highest BCUT2D eigenvalue weighted by Gasteiger charge is 2.24. The standard InChI is InChI=1S/C15H24N2O/c1-11(2)17-8-6-12(7-9-17)14-5-4-13(16)10-15(14)18-3/h4-5,10-12H,6-9,16H2,1-3H3. The Labute approximate surface area is 110 Å². The number of hydrogen-bond acceptors (Lipinski definition) is 3. The van der Waals surface area contributed by atoms with Crippen molar-refractivity contribution in [3.8, 4) is 5.75 Å². The van der Waals surface area contributed by atoms with Crippen molar-refractivity contribution in [1.29, 1.82) is 0 Å². The molecular weight excluding hydrogens is 224 g/mol. The molecule has 18 heavy (non-hydrogen) atoms. The van der Waals surface area contributed by atoms with Gasteiger partial charge in [0.1, 0.15) is 5.75 Å². The van der Waals surface area contributed by atoms with Crippen molar-refractivity contribution in [2.75, 3.05) is 25.9 Å². The quantitative estimate of drug-likeness (QED) is 0.836. The van der Waals surface area contributed by atoms with E-state index in [-0.39, 0.29) is 0 Å². The van der Waals surface area contributed by atoms with Crippen molar-refractivity contribution >= 4 is 5.69 Å². The fourth-order valence-corrected chi connectivity index (χ4v) is 2.79. The lowest BCUT2D eigenvalue weighted by Gasteiger charge is -2.35. The first-order chi connectivity index (χ1) is 8.61. The van der Waals surface area contributed by atoms with Gasteiger partial charge < -0.3 is 15.4 Å². The smallest absolute Gasteiger partial charge is 0.124 e. The highest BCUT2D eigenvalue weighted by atomic mass is 16.5. The molecule has 2 rings (SSSR count). The highest BCUT2D eigenvalue weighted by molar-refractivity contribution is 5.49. The molecule has 1 fully saturated rings. The molecule has 0 aliphatic carbocycles. The minimum absolute atomic E-state index is 0.607. The molecule has 1 saturated heterocycles. The van der Waals surface area contributed by atoms with Gasteiger partial charge in [-0.05, 0) is 57.3 Å². The molecule has 0 unspecified atom stereocenters. The number of anilines is 1. The van der Waals surface area contributed by atoms with Crippen LogP contribution in [0.15, 0.2) is 18.2 Å². The molecule has 0 bridgehead atoms. The Balaban J connectivity index is 2.09. The zero-order chi connectivity index (χ0) is 13.1. The molecule has 1 aromatic rings. The first kappa shape index (κ1) is 13.2. The van der Waals surface area contributed by atoms with Crippen LogP contribution >= 0.6 is 0 Å². The number of piperidine rings is 1. The van der Waals surface area contributed by atoms with Gasteiger partial charge in [0.05, 0.1) is 7.11 Å². The minimum Gasteiger partial charge on any atom is -0.496 e. The lowest BCUT2D eigenvalue weighted by Crippen LogP contribution is -2.37. The third-order valence-electron chi connectivity index (χ3n) is 3.96. The van der Waals surface area contributed by atoms with E-state index in [1.54, 1.807) is 7.11 Å². The average Bonchev–Trinajstić information content (AvgIpc) is 2.38. The average molecular weight is 248 g/mol. The van der Waals surface area contributed by atoms with Gasteiger partial charge in [-0.2, -0.15) is 0 Å². The number of methoxy groups -OCH3 is 1. The summed E-state index contributed by atoms with van der Waals surface area (Å²) in [6, 6.07) is 6.69. The van der Waals surface area contributed by atoms with Crippen LogP contribution in [0.3, 0.4) is 0 Å². The Morgan fingerprint density at radius 1 is 1.28 bits per heavy atom. The first-order valence-corrected chi connectivity index (χ1v) is 6.79. The molecule has 3 heteroatoms. The topological polar surface area (TPSA) is 38.5 Å². The van der Waals surface area contributed by atoms with E-state index >= 15 is 0 Å². The number of likely N-dealkylation sites (tertiary alicyclic amines) is 1. The summed E-state index contributed by atoms with van der Waals surface area (Å²) in [5.74, 6) is 1.55. The molecule has 0 spiro atoms. The monoisotopic (exact) mass is 248 g/mol. The number of nitrogen functional groups attached to an aromatic ring is 1. The number of nitrogens with two attached hydrogens (primary N) is 1. The number of rotatable bonds is 3. The predicted molar refractivity (Wildman–Crippen MR) is 76.1 cm³/mol. The zero-order valence-electron chi connectivity index (χ0n) is 11.6. The van der Waals surface area contributed by atoms with Gasteiger partial charge in [0, 0.05) is 17.8 Å². The van der Waals surface area contributed by atoms with Gasteiger partial charge in [-0.3, -0.25) is 0 Å². The van der Waals surface area contributed by atoms with Gasteiger partial charge in [0.25, 0.3) is 0 Å². The van der Waals surface area contributed by atoms with Crippen LogP contribution in [-0.4, -0.2) is 31.1 Å². The highest BCUT2D eigenvalue weighted by Crippen LogP contribution is 2.35. The van der Waals surface area contributed by atoms with Gasteiger partial charge in [0.15, 0.2) is 0 Å². The number of hydrogen-bond donors (Lipinski definition) is 1. The number of ether oxygens (including phenoxy) is 1. The van der Waals surface area contributed by atoms with E-state index in [4.69, 9.17) is 10.5 Å². The third kappa shape index (κ3) is 2.78. The maximum atomic E-state index is 5.81. The van der Waals surface area contributed by atoms with E-state index in [0.29, 0.717) is 12.0 Å². The summed E-state index contributed by atoms with van der Waals surface area (Å²) in [7, 11) is 1.72. The van der Waals surface area contributed by atoms with Crippen LogP contribution in [-0.2, 0) is 0 Å². The lowest BCUT2D eigenvalue weighted by molar-refractivity contribution is 0.171. The molecule has 1 aliphatic rings. The fraction of sp³-hybridized carbons (Fsp3) is 0.600. The van der Waals surface area contributed by atoms with Gasteiger partial charge in [-0.1, -0.05) is 6.07 Å². The van der Waals surface area contributed by atoms with Crippen molar-refractivity contribution in [2.24, 2.45) is 0 Å². The molecule has 1 heterocycles. The molecule has 100 valence electrons. The summed E-state index contributed by atoms with van der Waals surface area (Å²) in [4.78, 5) is 2.54. The zero-order valence-corrected chi connectivity index (χ0v) is 11.6. The molecule has 0 radical (unpaired) electrons. The SMILES string of the molecule is COc1cc(N)ccc1C1CCN(C(C)C)CC1. The second-order valence-corrected chi connectivity index (χ2v) is 5.41. The van der Waals surface area contributed by atoms with Crippen molar-refractivity contribution in [3.05, 3.63) is 23.8 Å². The third-order valence-corrected chi connectivity index (χ3v) is 3.96. The Morgan fingerprint density at radius 3 is 2.50 bits per heavy atom. The molecule has 0 aromatic heterocycles. The van der Waals surface area contributed by atoms with E-state index in [9.17, 15) is 0 Å². The lowest BCUT2D eigenvalue weighted by atomic mass is 9.88. The second kappa shape index (κ2) is 5.61. The summed E-state index contributed by atoms with van der Waals surface area (Å²) in [5, 5.41) is 0. The van der Waals surface area contributed by atoms with Gasteiger partial charge in [-0.15, -0.1) is 0 Å². The van der Waals surface area contributed by atoms with Crippen LogP contribution in [0.4, 0.5) is 5.69 Å². The van der Waals surface area contributed by atoms with E-state index < -0.39 is 0 Å². The molecule has 0 amide bonds. The van der Waals surface area contributed by atoms with Gasteiger partial charge in [-0.25, -0.2) is 0 Å². The Kier molecular flexibility index (Phi) is 4.12. The largest absolute Gasteiger partial charge is 0.496 e. The summed E-state index contributed by atoms with van der Waals surface area (Å²) < 4.78 is 5.46. The maximum absolute atomic E-state index is 5.81. The molecule has 0 saturated carbocycles. The van der Waals surface area contributed by atoms with Crippen molar-refractivity contribution in [2.45, 2.75) is 38.6 Å². The normalized spacial score (nSPS) is 18.2. The Hall–Kier alpha value is -1.22. The van der Waals surface area contributed by atoms with Gasteiger partial charge >= 0.3 is 0 Å². The fourth-order valence-electron chi connectivity index (χ4n) is 2.79. The van der Waals surface area contributed by atoms with Crippen LogP contribution in [0.5, 0.6) is 5.75 Å². The summed E-state index contributed by atoms with van der Waals surface area (Å²) in [6.45, 7) is 6.89. The molecular formula is C15H24N2O. The number of nitrogens with zero attached hydrogens (tertiary/aromatic N) is 1. The van der Waals surface area contributed by atoms with E-state index in [2.05, 4.69) is 24.8 Å². The van der Waals surface area contributed by atoms with Crippen LogP contribution in [0.25, 0.3) is 0 Å². The van der Waals surface area contributed by atoms with E-state index in [1.165, 1.54) is 31.5 Å². The molecule has 2 N–H and O–H groups in total. The second-order valence-electron chi connectivity index (χ2n) is 5.41. The minimum atomic E-state index is 0.607. The Morgan fingerprint density at radius 2 is 1.94 bits per heavy atom. The molecule has 1 aromatic carbocycles. The summed E-state index contributed by atoms with van der Waals surface area (Å²) in [6.07, 6.45) is 2.41. The molecule has 1 aliphatic heterocycles. The van der Waals surface area contributed by atoms with Crippen LogP contribution in [0.2, 0.25) is 0 Å². The van der Waals surface area contributed by atoms with Crippen molar-refractivity contribution in [3.63, 3.8) is 0 Å². The number of benzene rings is 1. The summed E-state index contributed by atoms with van der Waals surface area (Å²) in [5.41, 5.74) is 7.89. The van der Waals surface area contributed by atoms with E-state index in [1.807, 2.05) is 12.1 Å². The summed E-state index contributed by atoms with van der Waals surface area (Å²) >= 11 is 0. The predicted octanol–water partition coefficient (Wildman–Crippen LogP) is 2.87. The van der Waals surface area contributed by atoms with Crippen LogP contribution in [0.1, 0.15) is 38.2 Å². The maximum Gasteiger partial charge on any atom is 0.124 e. The Bertz CT molecular complexity index is 395. The van der Waals surface area contributed by atoms with Gasteiger partial charge in [0.2, 0.25) is 0 Å². The van der Waals surface area contributed by atoms with Crippen molar-refractivity contribution < 1.29 is 4.74 Å². The van der Waals surface area contributed by atoms with E-state index in [0.717, 1.165) is 11.4 Å². The first-order valence-electron chi connectivity index (χ1n) is 6.79. The molecule has 3 nitrogen and oxygen atoms in total.